The number of benzene rings is 2. The largest absolute Gasteiger partial charge is 0.356 e. The molecule has 1 aliphatic heterocycles. The number of nitrogens with one attached hydrogen (secondary N) is 3. The van der Waals surface area contributed by atoms with E-state index in [0.29, 0.717) is 23.7 Å². The fourth-order valence-electron chi connectivity index (χ4n) is 3.29. The Bertz CT molecular complexity index is 881. The molecule has 0 aromatic heterocycles. The van der Waals surface area contributed by atoms with E-state index in [4.69, 9.17) is 11.6 Å². The molecule has 0 saturated carbocycles. The fraction of sp³-hybridized carbons (Fsp3) is 0.364. The number of hydrogen-bond donors (Lipinski definition) is 3. The molecular formula is C22H25ClFN3O2S. The van der Waals surface area contributed by atoms with Crippen LogP contribution < -0.4 is 16.0 Å². The Hall–Kier alpha value is -2.09. The van der Waals surface area contributed by atoms with E-state index in [1.54, 1.807) is 23.9 Å². The summed E-state index contributed by atoms with van der Waals surface area (Å²) in [6.07, 6.45) is 0.730. The topological polar surface area (TPSA) is 70.2 Å². The number of carbonyl (C=O) groups excluding carboxylic acids is 2. The average Bonchev–Trinajstić information content (AvgIpc) is 2.71. The van der Waals surface area contributed by atoms with Crippen molar-refractivity contribution in [3.8, 4) is 0 Å². The highest BCUT2D eigenvalue weighted by Crippen LogP contribution is 2.23. The lowest BCUT2D eigenvalue weighted by molar-refractivity contribution is -0.133. The number of amides is 2. The van der Waals surface area contributed by atoms with E-state index in [1.165, 1.54) is 12.1 Å². The first-order valence-corrected chi connectivity index (χ1v) is 11.3. The standard InChI is InChI=1S/C22H25ClFN3O2S/c1-14-19(12-20(28)25-10-9-15-5-7-18(24)8-6-15)21(29)27-22(26-14)30-13-16-3-2-4-17(23)11-16/h2-8,11,14,19,22,26H,9-10,12-13H2,1H3,(H,25,28)(H,27,29). The zero-order valence-electron chi connectivity index (χ0n) is 16.7. The smallest absolute Gasteiger partial charge is 0.227 e. The molecule has 3 unspecified atom stereocenters. The van der Waals surface area contributed by atoms with Crippen LogP contribution in [0.2, 0.25) is 5.02 Å². The molecule has 3 rings (SSSR count). The summed E-state index contributed by atoms with van der Waals surface area (Å²) in [6, 6.07) is 13.7. The van der Waals surface area contributed by atoms with Gasteiger partial charge in [0.25, 0.3) is 0 Å². The molecule has 0 spiro atoms. The van der Waals surface area contributed by atoms with Gasteiger partial charge in [-0.2, -0.15) is 0 Å². The Morgan fingerprint density at radius 1 is 1.20 bits per heavy atom. The maximum atomic E-state index is 12.9. The van der Waals surface area contributed by atoms with Crippen molar-refractivity contribution in [3.05, 3.63) is 70.5 Å². The molecule has 0 radical (unpaired) electrons. The third kappa shape index (κ3) is 6.72. The van der Waals surface area contributed by atoms with Crippen LogP contribution in [0.4, 0.5) is 4.39 Å². The van der Waals surface area contributed by atoms with Crippen molar-refractivity contribution >= 4 is 35.2 Å². The first-order chi connectivity index (χ1) is 14.4. The van der Waals surface area contributed by atoms with Crippen LogP contribution in [-0.4, -0.2) is 29.9 Å². The molecule has 2 aromatic rings. The second-order valence-electron chi connectivity index (χ2n) is 7.32. The molecule has 3 atom stereocenters. The summed E-state index contributed by atoms with van der Waals surface area (Å²) in [6.45, 7) is 2.36. The van der Waals surface area contributed by atoms with Gasteiger partial charge in [0.15, 0.2) is 0 Å². The first kappa shape index (κ1) is 22.6. The predicted molar refractivity (Wildman–Crippen MR) is 118 cm³/mol. The molecule has 2 aromatic carbocycles. The molecule has 0 bridgehead atoms. The van der Waals surface area contributed by atoms with E-state index in [-0.39, 0.29) is 35.6 Å². The van der Waals surface area contributed by atoms with E-state index in [0.717, 1.165) is 11.1 Å². The normalized spacial score (nSPS) is 21.2. The Kier molecular flexibility index (Phi) is 8.13. The van der Waals surface area contributed by atoms with E-state index in [2.05, 4.69) is 16.0 Å². The van der Waals surface area contributed by atoms with Crippen LogP contribution in [0.5, 0.6) is 0 Å². The lowest BCUT2D eigenvalue weighted by Crippen LogP contribution is -2.59. The van der Waals surface area contributed by atoms with Gasteiger partial charge in [-0.15, -0.1) is 11.8 Å². The minimum atomic E-state index is -0.432. The lowest BCUT2D eigenvalue weighted by atomic mass is 9.94. The maximum absolute atomic E-state index is 12.9. The van der Waals surface area contributed by atoms with Gasteiger partial charge in [0.1, 0.15) is 11.3 Å². The third-order valence-corrected chi connectivity index (χ3v) is 6.31. The summed E-state index contributed by atoms with van der Waals surface area (Å²) in [4.78, 5) is 24.8. The van der Waals surface area contributed by atoms with Crippen LogP contribution in [0.3, 0.4) is 0 Å². The Labute approximate surface area is 185 Å². The monoisotopic (exact) mass is 449 g/mol. The number of thioether (sulfide) groups is 1. The minimum Gasteiger partial charge on any atom is -0.356 e. The van der Waals surface area contributed by atoms with E-state index in [1.807, 2.05) is 31.2 Å². The van der Waals surface area contributed by atoms with E-state index < -0.39 is 5.92 Å². The van der Waals surface area contributed by atoms with Crippen LogP contribution >= 0.6 is 23.4 Å². The number of halogens is 2. The maximum Gasteiger partial charge on any atom is 0.227 e. The van der Waals surface area contributed by atoms with E-state index in [9.17, 15) is 14.0 Å². The highest BCUT2D eigenvalue weighted by molar-refractivity contribution is 7.99. The number of carbonyl (C=O) groups is 2. The summed E-state index contributed by atoms with van der Waals surface area (Å²) in [7, 11) is 0. The van der Waals surface area contributed by atoms with Crippen LogP contribution in [0.15, 0.2) is 48.5 Å². The Morgan fingerprint density at radius 2 is 1.97 bits per heavy atom. The molecule has 8 heteroatoms. The van der Waals surface area contributed by atoms with Gasteiger partial charge >= 0.3 is 0 Å². The summed E-state index contributed by atoms with van der Waals surface area (Å²) in [5.74, 6) is -0.301. The van der Waals surface area contributed by atoms with Crippen molar-refractivity contribution in [2.45, 2.75) is 37.1 Å². The highest BCUT2D eigenvalue weighted by atomic mass is 35.5. The van der Waals surface area contributed by atoms with Crippen LogP contribution in [0, 0.1) is 11.7 Å². The molecule has 1 heterocycles. The Balaban J connectivity index is 1.41. The summed E-state index contributed by atoms with van der Waals surface area (Å²) >= 11 is 7.58. The van der Waals surface area contributed by atoms with Gasteiger partial charge in [0.05, 0.1) is 5.92 Å². The molecule has 3 N–H and O–H groups in total. The first-order valence-electron chi connectivity index (χ1n) is 9.84. The number of rotatable bonds is 8. The molecular weight excluding hydrogens is 425 g/mol. The minimum absolute atomic E-state index is 0.120. The molecule has 30 heavy (non-hydrogen) atoms. The second kappa shape index (κ2) is 10.8. The van der Waals surface area contributed by atoms with Crippen molar-refractivity contribution in [1.82, 2.24) is 16.0 Å². The number of hydrogen-bond acceptors (Lipinski definition) is 4. The van der Waals surface area contributed by atoms with Gasteiger partial charge in [0.2, 0.25) is 11.8 Å². The van der Waals surface area contributed by atoms with Gasteiger partial charge in [0, 0.05) is 29.8 Å². The van der Waals surface area contributed by atoms with Gasteiger partial charge in [-0.05, 0) is 48.7 Å². The molecule has 5 nitrogen and oxygen atoms in total. The molecule has 1 aliphatic rings. The fourth-order valence-corrected chi connectivity index (χ4v) is 4.56. The second-order valence-corrected chi connectivity index (χ2v) is 8.85. The van der Waals surface area contributed by atoms with Crippen LogP contribution in [0.1, 0.15) is 24.5 Å². The van der Waals surface area contributed by atoms with E-state index >= 15 is 0 Å². The zero-order chi connectivity index (χ0) is 21.5. The van der Waals surface area contributed by atoms with Crippen molar-refractivity contribution in [1.29, 1.82) is 0 Å². The SMILES string of the molecule is CC1NC(SCc2cccc(Cl)c2)NC(=O)C1CC(=O)NCCc1ccc(F)cc1. The van der Waals surface area contributed by atoms with Crippen LogP contribution in [-0.2, 0) is 21.8 Å². The van der Waals surface area contributed by atoms with Gasteiger partial charge < -0.3 is 10.6 Å². The molecule has 0 aliphatic carbocycles. The van der Waals surface area contributed by atoms with Crippen molar-refractivity contribution in [3.63, 3.8) is 0 Å². The molecule has 1 saturated heterocycles. The third-order valence-electron chi connectivity index (χ3n) is 4.99. The molecule has 160 valence electrons. The van der Waals surface area contributed by atoms with Crippen LogP contribution in [0.25, 0.3) is 0 Å². The lowest BCUT2D eigenvalue weighted by Gasteiger charge is -2.35. The predicted octanol–water partition coefficient (Wildman–Crippen LogP) is 3.47. The van der Waals surface area contributed by atoms with Crippen molar-refractivity contribution < 1.29 is 14.0 Å². The zero-order valence-corrected chi connectivity index (χ0v) is 18.2. The van der Waals surface area contributed by atoms with Gasteiger partial charge in [-0.3, -0.25) is 14.9 Å². The Morgan fingerprint density at radius 3 is 2.67 bits per heavy atom. The summed E-state index contributed by atoms with van der Waals surface area (Å²) in [5, 5.41) is 9.82. The summed E-state index contributed by atoms with van der Waals surface area (Å²) < 4.78 is 12.9. The quantitative estimate of drug-likeness (QED) is 0.577. The highest BCUT2D eigenvalue weighted by Gasteiger charge is 2.34. The molecule has 1 fully saturated rings. The van der Waals surface area contributed by atoms with Gasteiger partial charge in [-0.1, -0.05) is 35.9 Å². The summed E-state index contributed by atoms with van der Waals surface area (Å²) in [5.41, 5.74) is 1.81. The van der Waals surface area contributed by atoms with Crippen molar-refractivity contribution in [2.24, 2.45) is 5.92 Å². The van der Waals surface area contributed by atoms with Gasteiger partial charge in [-0.25, -0.2) is 4.39 Å². The average molecular weight is 450 g/mol. The van der Waals surface area contributed by atoms with Crippen molar-refractivity contribution in [2.75, 3.05) is 6.54 Å². The molecule has 2 amide bonds.